The molecule has 0 aromatic heterocycles. The number of methoxy groups -OCH3 is 1. The van der Waals surface area contributed by atoms with Gasteiger partial charge in [-0.15, -0.1) is 0 Å². The summed E-state index contributed by atoms with van der Waals surface area (Å²) in [6, 6.07) is 13.0. The molecule has 2 aromatic rings. The smallest absolute Gasteiger partial charge is 0.258 e. The van der Waals surface area contributed by atoms with Gasteiger partial charge in [-0.2, -0.15) is 0 Å². The van der Waals surface area contributed by atoms with E-state index in [9.17, 15) is 4.79 Å². The fourth-order valence-corrected chi connectivity index (χ4v) is 3.80. The molecule has 2 aromatic carbocycles. The lowest BCUT2D eigenvalue weighted by Gasteiger charge is -2.28. The minimum atomic E-state index is -0.191. The van der Waals surface area contributed by atoms with E-state index in [0.29, 0.717) is 22.3 Å². The van der Waals surface area contributed by atoms with Gasteiger partial charge in [-0.3, -0.25) is 9.69 Å². The van der Waals surface area contributed by atoms with Crippen molar-refractivity contribution in [1.29, 1.82) is 0 Å². The number of hydrogen-bond acceptors (Lipinski definition) is 4. The van der Waals surface area contributed by atoms with Crippen LogP contribution in [-0.4, -0.2) is 44.2 Å². The van der Waals surface area contributed by atoms with Crippen LogP contribution in [0.2, 0.25) is 10.0 Å². The molecule has 1 aliphatic heterocycles. The Hall–Kier alpha value is -1.95. The van der Waals surface area contributed by atoms with Crippen LogP contribution in [0.15, 0.2) is 42.5 Å². The molecule has 150 valence electrons. The molecule has 7 heteroatoms. The lowest BCUT2D eigenvalue weighted by Crippen LogP contribution is -2.38. The van der Waals surface area contributed by atoms with Gasteiger partial charge in [0, 0.05) is 11.6 Å². The molecule has 5 nitrogen and oxygen atoms in total. The third-order valence-electron chi connectivity index (χ3n) is 4.83. The van der Waals surface area contributed by atoms with E-state index in [-0.39, 0.29) is 18.6 Å². The zero-order chi connectivity index (χ0) is 19.9. The van der Waals surface area contributed by atoms with Crippen molar-refractivity contribution in [3.63, 3.8) is 0 Å². The van der Waals surface area contributed by atoms with Crippen molar-refractivity contribution in [2.75, 3.05) is 33.4 Å². The molecule has 0 saturated carbocycles. The Labute approximate surface area is 175 Å². The van der Waals surface area contributed by atoms with Crippen LogP contribution >= 0.6 is 23.2 Å². The fraction of sp³-hybridized carbons (Fsp3) is 0.381. The van der Waals surface area contributed by atoms with Crippen LogP contribution in [0.3, 0.4) is 0 Å². The molecule has 1 saturated heterocycles. The SMILES string of the molecule is COc1ccc([C@@H](CNC(=O)COc2ccc(Cl)cc2Cl)N2CCCC2)cc1. The van der Waals surface area contributed by atoms with Crippen LogP contribution in [0.4, 0.5) is 0 Å². The molecule has 0 radical (unpaired) electrons. The molecule has 1 amide bonds. The monoisotopic (exact) mass is 422 g/mol. The second kappa shape index (κ2) is 10.0. The standard InChI is InChI=1S/C21H24Cl2N2O3/c1-27-17-7-4-15(5-8-17)19(25-10-2-3-11-25)13-24-21(26)14-28-20-9-6-16(22)12-18(20)23/h4-9,12,19H,2-3,10-11,13-14H2,1H3,(H,24,26)/t19-/m1/s1. The van der Waals surface area contributed by atoms with Gasteiger partial charge in [0.2, 0.25) is 0 Å². The normalized spacial score (nSPS) is 15.2. The highest BCUT2D eigenvalue weighted by Crippen LogP contribution is 2.28. The van der Waals surface area contributed by atoms with Crippen LogP contribution in [0, 0.1) is 0 Å². The summed E-state index contributed by atoms with van der Waals surface area (Å²) >= 11 is 11.9. The number of benzene rings is 2. The minimum absolute atomic E-state index is 0.101. The Morgan fingerprint density at radius 3 is 2.50 bits per heavy atom. The van der Waals surface area contributed by atoms with Crippen molar-refractivity contribution in [2.24, 2.45) is 0 Å². The van der Waals surface area contributed by atoms with E-state index >= 15 is 0 Å². The molecule has 1 N–H and O–H groups in total. The molecule has 0 aliphatic carbocycles. The Bertz CT molecular complexity index is 793. The number of likely N-dealkylation sites (tertiary alicyclic amines) is 1. The fourth-order valence-electron chi connectivity index (χ4n) is 3.33. The maximum atomic E-state index is 12.3. The van der Waals surface area contributed by atoms with E-state index in [0.717, 1.165) is 24.4 Å². The highest BCUT2D eigenvalue weighted by Gasteiger charge is 2.24. The first-order valence-electron chi connectivity index (χ1n) is 9.29. The zero-order valence-corrected chi connectivity index (χ0v) is 17.3. The summed E-state index contributed by atoms with van der Waals surface area (Å²) in [6.45, 7) is 2.48. The highest BCUT2D eigenvalue weighted by atomic mass is 35.5. The molecule has 0 bridgehead atoms. The molecule has 28 heavy (non-hydrogen) atoms. The summed E-state index contributed by atoms with van der Waals surface area (Å²) in [7, 11) is 1.65. The van der Waals surface area contributed by atoms with Crippen molar-refractivity contribution in [3.05, 3.63) is 58.1 Å². The quantitative estimate of drug-likeness (QED) is 0.687. The molecule has 1 heterocycles. The number of hydrogen-bond donors (Lipinski definition) is 1. The van der Waals surface area contributed by atoms with Gasteiger partial charge in [0.15, 0.2) is 6.61 Å². The summed E-state index contributed by atoms with van der Waals surface area (Å²) in [6.07, 6.45) is 2.36. The topological polar surface area (TPSA) is 50.8 Å². The zero-order valence-electron chi connectivity index (χ0n) is 15.8. The predicted molar refractivity (Wildman–Crippen MR) is 112 cm³/mol. The first-order chi connectivity index (χ1) is 13.6. The van der Waals surface area contributed by atoms with Gasteiger partial charge in [0.05, 0.1) is 18.2 Å². The lowest BCUT2D eigenvalue weighted by atomic mass is 10.1. The van der Waals surface area contributed by atoms with Gasteiger partial charge in [-0.25, -0.2) is 0 Å². The number of rotatable bonds is 8. The number of nitrogens with zero attached hydrogens (tertiary/aromatic N) is 1. The van der Waals surface area contributed by atoms with Crippen LogP contribution in [0.5, 0.6) is 11.5 Å². The van der Waals surface area contributed by atoms with E-state index in [1.54, 1.807) is 25.3 Å². The average molecular weight is 423 g/mol. The molecule has 1 aliphatic rings. The second-order valence-corrected chi connectivity index (χ2v) is 7.54. The van der Waals surface area contributed by atoms with Gasteiger partial charge >= 0.3 is 0 Å². The van der Waals surface area contributed by atoms with E-state index < -0.39 is 0 Å². The molecule has 0 spiro atoms. The average Bonchev–Trinajstić information content (AvgIpc) is 3.22. The minimum Gasteiger partial charge on any atom is -0.497 e. The van der Waals surface area contributed by atoms with E-state index in [2.05, 4.69) is 22.3 Å². The van der Waals surface area contributed by atoms with Crippen LogP contribution in [0.1, 0.15) is 24.4 Å². The Morgan fingerprint density at radius 1 is 1.14 bits per heavy atom. The van der Waals surface area contributed by atoms with Gasteiger partial charge in [0.25, 0.3) is 5.91 Å². The van der Waals surface area contributed by atoms with Crippen molar-refractivity contribution in [3.8, 4) is 11.5 Å². The lowest BCUT2D eigenvalue weighted by molar-refractivity contribution is -0.123. The summed E-state index contributed by atoms with van der Waals surface area (Å²) in [4.78, 5) is 14.7. The van der Waals surface area contributed by atoms with E-state index in [1.165, 1.54) is 12.8 Å². The summed E-state index contributed by atoms with van der Waals surface area (Å²) in [5, 5.41) is 3.89. The summed E-state index contributed by atoms with van der Waals surface area (Å²) in [5.41, 5.74) is 1.16. The van der Waals surface area contributed by atoms with E-state index in [1.807, 2.05) is 12.1 Å². The first-order valence-corrected chi connectivity index (χ1v) is 10.0. The van der Waals surface area contributed by atoms with Crippen LogP contribution in [-0.2, 0) is 4.79 Å². The van der Waals surface area contributed by atoms with Gasteiger partial charge < -0.3 is 14.8 Å². The third kappa shape index (κ3) is 5.53. The highest BCUT2D eigenvalue weighted by molar-refractivity contribution is 6.35. The number of carbonyl (C=O) groups excluding carboxylic acids is 1. The Balaban J connectivity index is 1.58. The predicted octanol–water partition coefficient (Wildman–Crippen LogP) is 4.33. The summed E-state index contributed by atoms with van der Waals surface area (Å²) < 4.78 is 10.8. The number of nitrogens with one attached hydrogen (secondary N) is 1. The molecule has 1 fully saturated rings. The van der Waals surface area contributed by atoms with Crippen molar-refractivity contribution < 1.29 is 14.3 Å². The third-order valence-corrected chi connectivity index (χ3v) is 5.36. The number of carbonyl (C=O) groups is 1. The summed E-state index contributed by atoms with van der Waals surface area (Å²) in [5.74, 6) is 1.07. The van der Waals surface area contributed by atoms with Crippen molar-refractivity contribution in [2.45, 2.75) is 18.9 Å². The van der Waals surface area contributed by atoms with Crippen LogP contribution in [0.25, 0.3) is 0 Å². The second-order valence-electron chi connectivity index (χ2n) is 6.70. The maximum absolute atomic E-state index is 12.3. The van der Waals surface area contributed by atoms with Gasteiger partial charge in [-0.05, 0) is 61.8 Å². The Kier molecular flexibility index (Phi) is 7.43. The molecular weight excluding hydrogens is 399 g/mol. The molecule has 1 atom stereocenters. The first kappa shape index (κ1) is 20.8. The van der Waals surface area contributed by atoms with Crippen LogP contribution < -0.4 is 14.8 Å². The molecular formula is C21H24Cl2N2O3. The number of halogens is 2. The van der Waals surface area contributed by atoms with Gasteiger partial charge in [0.1, 0.15) is 11.5 Å². The Morgan fingerprint density at radius 2 is 1.86 bits per heavy atom. The van der Waals surface area contributed by atoms with Gasteiger partial charge in [-0.1, -0.05) is 35.3 Å². The number of ether oxygens (including phenoxy) is 2. The number of amides is 1. The molecule has 0 unspecified atom stereocenters. The van der Waals surface area contributed by atoms with Crippen molar-refractivity contribution in [1.82, 2.24) is 10.2 Å². The maximum Gasteiger partial charge on any atom is 0.258 e. The largest absolute Gasteiger partial charge is 0.497 e. The molecule has 3 rings (SSSR count). The van der Waals surface area contributed by atoms with Crippen molar-refractivity contribution >= 4 is 29.1 Å². The van der Waals surface area contributed by atoms with E-state index in [4.69, 9.17) is 32.7 Å².